The Morgan fingerprint density at radius 1 is 1.53 bits per heavy atom. The first-order chi connectivity index (χ1) is 6.82. The van der Waals surface area contributed by atoms with E-state index in [4.69, 9.17) is 0 Å². The number of hydrogen-bond acceptors (Lipinski definition) is 3. The molecular formula is C11H23N3O. The molecule has 88 valence electrons. The zero-order valence-electron chi connectivity index (χ0n) is 10.5. The van der Waals surface area contributed by atoms with Crippen molar-refractivity contribution in [3.8, 4) is 0 Å². The zero-order valence-corrected chi connectivity index (χ0v) is 10.5. The summed E-state index contributed by atoms with van der Waals surface area (Å²) in [5, 5.41) is 3.35. The van der Waals surface area contributed by atoms with E-state index in [2.05, 4.69) is 19.2 Å². The summed E-state index contributed by atoms with van der Waals surface area (Å²) in [6.45, 7) is 6.84. The Morgan fingerprint density at radius 2 is 2.13 bits per heavy atom. The topological polar surface area (TPSA) is 35.6 Å². The van der Waals surface area contributed by atoms with E-state index in [0.29, 0.717) is 0 Å². The van der Waals surface area contributed by atoms with E-state index < -0.39 is 0 Å². The number of carbonyl (C=O) groups excluding carboxylic acids is 1. The standard InChI is InChI=1S/C11H23N3O/c1-11(2)7-12-9(6-13(3)4)10(15)14(5)8-11/h9,12H,6-8H2,1-5H3. The van der Waals surface area contributed by atoms with E-state index >= 15 is 0 Å². The van der Waals surface area contributed by atoms with E-state index in [-0.39, 0.29) is 17.4 Å². The van der Waals surface area contributed by atoms with Gasteiger partial charge in [-0.3, -0.25) is 4.79 Å². The quantitative estimate of drug-likeness (QED) is 0.701. The molecule has 1 heterocycles. The van der Waals surface area contributed by atoms with Crippen molar-refractivity contribution >= 4 is 5.91 Å². The molecule has 0 radical (unpaired) electrons. The number of amides is 1. The van der Waals surface area contributed by atoms with E-state index in [1.54, 1.807) is 0 Å². The summed E-state index contributed by atoms with van der Waals surface area (Å²) in [5.74, 6) is 0.203. The summed E-state index contributed by atoms with van der Waals surface area (Å²) in [5.41, 5.74) is 0.158. The van der Waals surface area contributed by atoms with Gasteiger partial charge in [0.25, 0.3) is 0 Å². The number of nitrogens with zero attached hydrogens (tertiary/aromatic N) is 2. The van der Waals surface area contributed by atoms with Gasteiger partial charge in [0.05, 0.1) is 6.04 Å². The van der Waals surface area contributed by atoms with E-state index in [9.17, 15) is 4.79 Å². The highest BCUT2D eigenvalue weighted by molar-refractivity contribution is 5.82. The molecule has 1 unspecified atom stereocenters. The van der Waals surface area contributed by atoms with Crippen LogP contribution in [0.3, 0.4) is 0 Å². The van der Waals surface area contributed by atoms with Crippen LogP contribution in [0.25, 0.3) is 0 Å². The lowest BCUT2D eigenvalue weighted by Crippen LogP contribution is -2.47. The molecule has 1 atom stereocenters. The van der Waals surface area contributed by atoms with Crippen LogP contribution in [-0.4, -0.2) is 62.5 Å². The van der Waals surface area contributed by atoms with Crippen molar-refractivity contribution in [1.82, 2.24) is 15.1 Å². The minimum Gasteiger partial charge on any atom is -0.344 e. The van der Waals surface area contributed by atoms with Gasteiger partial charge in [-0.15, -0.1) is 0 Å². The number of likely N-dealkylation sites (N-methyl/N-ethyl adjacent to an activating group) is 2. The smallest absolute Gasteiger partial charge is 0.240 e. The fourth-order valence-electron chi connectivity index (χ4n) is 2.04. The zero-order chi connectivity index (χ0) is 11.6. The molecule has 1 saturated heterocycles. The molecule has 0 spiro atoms. The number of nitrogens with one attached hydrogen (secondary N) is 1. The van der Waals surface area contributed by atoms with E-state index in [1.165, 1.54) is 0 Å². The third kappa shape index (κ3) is 3.47. The number of carbonyl (C=O) groups is 1. The molecule has 0 bridgehead atoms. The second-order valence-electron chi connectivity index (χ2n) is 5.55. The highest BCUT2D eigenvalue weighted by Gasteiger charge is 2.32. The van der Waals surface area contributed by atoms with Gasteiger partial charge in [0, 0.05) is 26.7 Å². The first-order valence-corrected chi connectivity index (χ1v) is 5.45. The monoisotopic (exact) mass is 213 g/mol. The summed E-state index contributed by atoms with van der Waals surface area (Å²) in [6.07, 6.45) is 0. The van der Waals surface area contributed by atoms with Crippen LogP contribution < -0.4 is 5.32 Å². The van der Waals surface area contributed by atoms with Crippen molar-refractivity contribution in [2.24, 2.45) is 5.41 Å². The van der Waals surface area contributed by atoms with Crippen molar-refractivity contribution in [3.05, 3.63) is 0 Å². The summed E-state index contributed by atoms with van der Waals surface area (Å²) >= 11 is 0. The van der Waals surface area contributed by atoms with Gasteiger partial charge in [-0.2, -0.15) is 0 Å². The molecule has 15 heavy (non-hydrogen) atoms. The summed E-state index contributed by atoms with van der Waals surface area (Å²) < 4.78 is 0. The molecular weight excluding hydrogens is 190 g/mol. The highest BCUT2D eigenvalue weighted by Crippen LogP contribution is 2.18. The average Bonchev–Trinajstić information content (AvgIpc) is 2.16. The van der Waals surface area contributed by atoms with Gasteiger partial charge in [0.2, 0.25) is 5.91 Å². The van der Waals surface area contributed by atoms with Crippen molar-refractivity contribution in [2.45, 2.75) is 19.9 Å². The molecule has 4 heteroatoms. The molecule has 1 amide bonds. The minimum atomic E-state index is -0.0632. The van der Waals surface area contributed by atoms with Gasteiger partial charge in [-0.25, -0.2) is 0 Å². The van der Waals surface area contributed by atoms with Crippen LogP contribution in [0, 0.1) is 5.41 Å². The predicted octanol–water partition coefficient (Wildman–Crippen LogP) is 0.00440. The van der Waals surface area contributed by atoms with Crippen LogP contribution in [-0.2, 0) is 4.79 Å². The van der Waals surface area contributed by atoms with Crippen molar-refractivity contribution in [3.63, 3.8) is 0 Å². The van der Waals surface area contributed by atoms with Crippen LogP contribution in [0.5, 0.6) is 0 Å². The van der Waals surface area contributed by atoms with Crippen molar-refractivity contribution in [1.29, 1.82) is 0 Å². The lowest BCUT2D eigenvalue weighted by Gasteiger charge is -2.26. The molecule has 0 saturated carbocycles. The lowest BCUT2D eigenvalue weighted by atomic mass is 9.93. The molecule has 1 rings (SSSR count). The van der Waals surface area contributed by atoms with Gasteiger partial charge in [-0.1, -0.05) is 13.8 Å². The van der Waals surface area contributed by atoms with Crippen LogP contribution in [0.4, 0.5) is 0 Å². The Morgan fingerprint density at radius 3 is 2.67 bits per heavy atom. The second kappa shape index (κ2) is 4.49. The number of rotatable bonds is 2. The highest BCUT2D eigenvalue weighted by atomic mass is 16.2. The second-order valence-corrected chi connectivity index (χ2v) is 5.55. The van der Waals surface area contributed by atoms with Gasteiger partial charge >= 0.3 is 0 Å². The van der Waals surface area contributed by atoms with Gasteiger partial charge in [-0.05, 0) is 19.5 Å². The van der Waals surface area contributed by atoms with E-state index in [0.717, 1.165) is 19.6 Å². The SMILES string of the molecule is CN(C)CC1NCC(C)(C)CN(C)C1=O. The molecule has 0 aromatic heterocycles. The van der Waals surface area contributed by atoms with Crippen LogP contribution >= 0.6 is 0 Å². The molecule has 1 N–H and O–H groups in total. The maximum atomic E-state index is 12.0. The van der Waals surface area contributed by atoms with Crippen molar-refractivity contribution in [2.75, 3.05) is 40.8 Å². The lowest BCUT2D eigenvalue weighted by molar-refractivity contribution is -0.132. The third-order valence-electron chi connectivity index (χ3n) is 2.71. The van der Waals surface area contributed by atoms with Gasteiger partial charge < -0.3 is 15.1 Å². The Balaban J connectivity index is 2.70. The van der Waals surface area contributed by atoms with Crippen molar-refractivity contribution < 1.29 is 4.79 Å². The number of hydrogen-bond donors (Lipinski definition) is 1. The summed E-state index contributed by atoms with van der Waals surface area (Å²) in [4.78, 5) is 15.9. The Hall–Kier alpha value is -0.610. The predicted molar refractivity (Wildman–Crippen MR) is 61.8 cm³/mol. The Bertz CT molecular complexity index is 238. The van der Waals surface area contributed by atoms with Crippen LogP contribution in [0.1, 0.15) is 13.8 Å². The molecule has 0 aliphatic carbocycles. The van der Waals surface area contributed by atoms with Gasteiger partial charge in [0.1, 0.15) is 0 Å². The summed E-state index contributed by atoms with van der Waals surface area (Å²) in [6, 6.07) is -0.0632. The maximum absolute atomic E-state index is 12.0. The third-order valence-corrected chi connectivity index (χ3v) is 2.71. The molecule has 0 aromatic rings. The van der Waals surface area contributed by atoms with Gasteiger partial charge in [0.15, 0.2) is 0 Å². The average molecular weight is 213 g/mol. The molecule has 4 nitrogen and oxygen atoms in total. The summed E-state index contributed by atoms with van der Waals surface area (Å²) in [7, 11) is 5.87. The largest absolute Gasteiger partial charge is 0.344 e. The molecule has 0 aromatic carbocycles. The fraction of sp³-hybridized carbons (Fsp3) is 0.909. The minimum absolute atomic E-state index is 0.0632. The molecule has 1 fully saturated rings. The Labute approximate surface area is 92.6 Å². The molecule has 1 aliphatic rings. The fourth-order valence-corrected chi connectivity index (χ4v) is 2.04. The normalized spacial score (nSPS) is 26.9. The Kier molecular flexibility index (Phi) is 3.73. The first kappa shape index (κ1) is 12.5. The van der Waals surface area contributed by atoms with Crippen LogP contribution in [0.2, 0.25) is 0 Å². The van der Waals surface area contributed by atoms with E-state index in [1.807, 2.05) is 30.9 Å². The maximum Gasteiger partial charge on any atom is 0.240 e. The van der Waals surface area contributed by atoms with Crippen LogP contribution in [0.15, 0.2) is 0 Å². The molecule has 1 aliphatic heterocycles. The first-order valence-electron chi connectivity index (χ1n) is 5.45.